The standard InChI is InChI=1S/C11H9ClF3NO3/c1-19-6-2-3-8(7(4-6)9(17)5-12)16-10(18)11(13,14)15/h2-4H,5H2,1H3,(H,16,18). The minimum Gasteiger partial charge on any atom is -0.497 e. The molecule has 0 saturated heterocycles. The molecule has 0 aliphatic carbocycles. The van der Waals surface area contributed by atoms with E-state index in [1.54, 1.807) is 5.32 Å². The molecule has 0 aromatic heterocycles. The van der Waals surface area contributed by atoms with Gasteiger partial charge in [0, 0.05) is 5.56 Å². The van der Waals surface area contributed by atoms with Gasteiger partial charge in [0.25, 0.3) is 0 Å². The van der Waals surface area contributed by atoms with Crippen LogP contribution in [0.4, 0.5) is 18.9 Å². The summed E-state index contributed by atoms with van der Waals surface area (Å²) < 4.78 is 41.3. The molecule has 0 fully saturated rings. The molecule has 0 atom stereocenters. The third-order valence-corrected chi connectivity index (χ3v) is 2.40. The summed E-state index contributed by atoms with van der Waals surface area (Å²) in [6.45, 7) is 0. The number of halogens is 4. The van der Waals surface area contributed by atoms with Crippen LogP contribution in [-0.2, 0) is 4.79 Å². The Kier molecular flexibility index (Phi) is 4.77. The van der Waals surface area contributed by atoms with Crippen molar-refractivity contribution >= 4 is 29.0 Å². The van der Waals surface area contributed by atoms with Crippen molar-refractivity contribution in [2.24, 2.45) is 0 Å². The van der Waals surface area contributed by atoms with E-state index in [1.165, 1.54) is 19.2 Å². The largest absolute Gasteiger partial charge is 0.497 e. The SMILES string of the molecule is COc1ccc(NC(=O)C(F)(F)F)c(C(=O)CCl)c1. The number of Topliss-reactive ketones (excluding diaryl/α,β-unsaturated/α-hetero) is 1. The normalized spacial score (nSPS) is 11.0. The summed E-state index contributed by atoms with van der Waals surface area (Å²) in [5.41, 5.74) is -0.416. The van der Waals surface area contributed by atoms with Crippen LogP contribution >= 0.6 is 11.6 Å². The number of rotatable bonds is 4. The van der Waals surface area contributed by atoms with Gasteiger partial charge in [-0.25, -0.2) is 0 Å². The van der Waals surface area contributed by atoms with Gasteiger partial charge in [0.05, 0.1) is 18.7 Å². The van der Waals surface area contributed by atoms with Gasteiger partial charge in [-0.1, -0.05) is 0 Å². The molecule has 1 rings (SSSR count). The Morgan fingerprint density at radius 3 is 2.47 bits per heavy atom. The van der Waals surface area contributed by atoms with Crippen molar-refractivity contribution in [2.45, 2.75) is 6.18 Å². The first-order chi connectivity index (χ1) is 8.79. The Morgan fingerprint density at radius 1 is 1.37 bits per heavy atom. The van der Waals surface area contributed by atoms with E-state index in [9.17, 15) is 22.8 Å². The van der Waals surface area contributed by atoms with Crippen molar-refractivity contribution < 1.29 is 27.5 Å². The van der Waals surface area contributed by atoms with Crippen LogP contribution in [0.1, 0.15) is 10.4 Å². The Labute approximate surface area is 111 Å². The number of carbonyl (C=O) groups excluding carboxylic acids is 2. The number of hydrogen-bond acceptors (Lipinski definition) is 3. The molecule has 19 heavy (non-hydrogen) atoms. The van der Waals surface area contributed by atoms with Gasteiger partial charge in [0.1, 0.15) is 5.75 Å². The summed E-state index contributed by atoms with van der Waals surface area (Å²) in [7, 11) is 1.33. The van der Waals surface area contributed by atoms with Crippen LogP contribution in [0.15, 0.2) is 18.2 Å². The number of alkyl halides is 4. The second-order valence-electron chi connectivity index (χ2n) is 3.42. The predicted molar refractivity (Wildman–Crippen MR) is 62.7 cm³/mol. The van der Waals surface area contributed by atoms with Crippen molar-refractivity contribution in [1.29, 1.82) is 0 Å². The number of methoxy groups -OCH3 is 1. The molecular weight excluding hydrogens is 287 g/mol. The first-order valence-corrected chi connectivity index (χ1v) is 5.48. The van der Waals surface area contributed by atoms with Gasteiger partial charge < -0.3 is 10.1 Å². The number of ketones is 1. The quantitative estimate of drug-likeness (QED) is 0.686. The van der Waals surface area contributed by atoms with Crippen LogP contribution in [0.2, 0.25) is 0 Å². The summed E-state index contributed by atoms with van der Waals surface area (Å²) in [6, 6.07) is 3.66. The zero-order valence-corrected chi connectivity index (χ0v) is 10.4. The lowest BCUT2D eigenvalue weighted by atomic mass is 10.1. The highest BCUT2D eigenvalue weighted by Crippen LogP contribution is 2.25. The summed E-state index contributed by atoms with van der Waals surface area (Å²) in [5.74, 6) is -2.96. The third kappa shape index (κ3) is 3.85. The summed E-state index contributed by atoms with van der Waals surface area (Å²) in [5, 5.41) is 1.62. The van der Waals surface area contributed by atoms with E-state index < -0.39 is 23.7 Å². The molecule has 0 unspecified atom stereocenters. The number of carbonyl (C=O) groups is 2. The van der Waals surface area contributed by atoms with Crippen LogP contribution in [0.3, 0.4) is 0 Å². The van der Waals surface area contributed by atoms with E-state index in [-0.39, 0.29) is 17.0 Å². The average molecular weight is 296 g/mol. The van der Waals surface area contributed by atoms with Gasteiger partial charge in [0.15, 0.2) is 5.78 Å². The Balaban J connectivity index is 3.13. The van der Waals surface area contributed by atoms with E-state index in [2.05, 4.69) is 0 Å². The maximum absolute atomic E-state index is 12.1. The lowest BCUT2D eigenvalue weighted by molar-refractivity contribution is -0.167. The molecule has 1 amide bonds. The predicted octanol–water partition coefficient (Wildman–Crippen LogP) is 2.62. The topological polar surface area (TPSA) is 55.4 Å². The van der Waals surface area contributed by atoms with Crippen LogP contribution in [-0.4, -0.2) is 30.9 Å². The molecule has 1 N–H and O–H groups in total. The van der Waals surface area contributed by atoms with Crippen LogP contribution in [0.25, 0.3) is 0 Å². The van der Waals surface area contributed by atoms with Crippen LogP contribution in [0, 0.1) is 0 Å². The van der Waals surface area contributed by atoms with E-state index in [0.717, 1.165) is 6.07 Å². The Hall–Kier alpha value is -1.76. The molecule has 0 aliphatic heterocycles. The molecule has 104 valence electrons. The molecule has 0 aliphatic rings. The molecule has 0 heterocycles. The van der Waals surface area contributed by atoms with E-state index >= 15 is 0 Å². The minimum absolute atomic E-state index is 0.146. The monoisotopic (exact) mass is 295 g/mol. The third-order valence-electron chi connectivity index (χ3n) is 2.15. The van der Waals surface area contributed by atoms with Crippen molar-refractivity contribution in [1.82, 2.24) is 0 Å². The second-order valence-corrected chi connectivity index (χ2v) is 3.69. The maximum atomic E-state index is 12.1. The van der Waals surface area contributed by atoms with E-state index in [4.69, 9.17) is 16.3 Å². The molecule has 0 bridgehead atoms. The van der Waals surface area contributed by atoms with Gasteiger partial charge in [-0.3, -0.25) is 9.59 Å². The first-order valence-electron chi connectivity index (χ1n) is 4.95. The van der Waals surface area contributed by atoms with E-state index in [0.29, 0.717) is 0 Å². The van der Waals surface area contributed by atoms with Gasteiger partial charge in [-0.15, -0.1) is 11.6 Å². The summed E-state index contributed by atoms with van der Waals surface area (Å²) >= 11 is 5.36. The fourth-order valence-corrected chi connectivity index (χ4v) is 1.40. The van der Waals surface area contributed by atoms with Crippen molar-refractivity contribution in [3.63, 3.8) is 0 Å². The van der Waals surface area contributed by atoms with Crippen molar-refractivity contribution in [3.8, 4) is 5.75 Å². The highest BCUT2D eigenvalue weighted by Gasteiger charge is 2.39. The number of hydrogen-bond donors (Lipinski definition) is 1. The lowest BCUT2D eigenvalue weighted by Crippen LogP contribution is -2.30. The molecule has 4 nitrogen and oxygen atoms in total. The lowest BCUT2D eigenvalue weighted by Gasteiger charge is -2.12. The van der Waals surface area contributed by atoms with Gasteiger partial charge in [-0.05, 0) is 18.2 Å². The molecule has 1 aromatic rings. The molecule has 0 spiro atoms. The molecular formula is C11H9ClF3NO3. The summed E-state index contributed by atoms with van der Waals surface area (Å²) in [6.07, 6.45) is -5.04. The zero-order chi connectivity index (χ0) is 14.6. The van der Waals surface area contributed by atoms with Crippen LogP contribution < -0.4 is 10.1 Å². The second kappa shape index (κ2) is 5.92. The first kappa shape index (κ1) is 15.3. The Morgan fingerprint density at radius 2 is 2.00 bits per heavy atom. The number of ether oxygens (including phenoxy) is 1. The van der Waals surface area contributed by atoms with E-state index in [1.807, 2.05) is 0 Å². The molecule has 0 radical (unpaired) electrons. The number of benzene rings is 1. The molecule has 8 heteroatoms. The highest BCUT2D eigenvalue weighted by molar-refractivity contribution is 6.31. The smallest absolute Gasteiger partial charge is 0.471 e. The number of nitrogens with one attached hydrogen (secondary N) is 1. The van der Waals surface area contributed by atoms with Crippen molar-refractivity contribution in [3.05, 3.63) is 23.8 Å². The maximum Gasteiger partial charge on any atom is 0.471 e. The zero-order valence-electron chi connectivity index (χ0n) is 9.68. The van der Waals surface area contributed by atoms with Crippen LogP contribution in [0.5, 0.6) is 5.75 Å². The van der Waals surface area contributed by atoms with Gasteiger partial charge in [0.2, 0.25) is 0 Å². The fourth-order valence-electron chi connectivity index (χ4n) is 1.26. The fraction of sp³-hybridized carbons (Fsp3) is 0.273. The summed E-state index contributed by atoms with van der Waals surface area (Å²) in [4.78, 5) is 22.4. The average Bonchev–Trinajstić information content (AvgIpc) is 2.37. The minimum atomic E-state index is -5.04. The highest BCUT2D eigenvalue weighted by atomic mass is 35.5. The molecule has 0 saturated carbocycles. The van der Waals surface area contributed by atoms with Gasteiger partial charge >= 0.3 is 12.1 Å². The Bertz CT molecular complexity index is 502. The van der Waals surface area contributed by atoms with Gasteiger partial charge in [-0.2, -0.15) is 13.2 Å². The number of anilines is 1. The number of amides is 1. The van der Waals surface area contributed by atoms with Crippen molar-refractivity contribution in [2.75, 3.05) is 18.3 Å². The molecule has 1 aromatic carbocycles.